The van der Waals surface area contributed by atoms with Gasteiger partial charge in [-0.3, -0.25) is 29.4 Å². The molecule has 8 nitrogen and oxygen atoms in total. The number of fused-ring (bicyclic) bond motifs is 4. The maximum absolute atomic E-state index is 13.4. The minimum absolute atomic E-state index is 0.132. The number of hydrogen-bond donors (Lipinski definition) is 3. The standard InChI is InChI=1S/C19H21BrN4O4/c1-3-8(2)24-16(26)14-12(7-13(21)25)23-19(15(14)17(24)27)10-6-9(20)4-5-11(10)22-18(19)28/h4-6,8,12,14-15,23H,3,7H2,1-2H3,(H2,21,25)(H,22,28)/t8?,12?,14-,15+,19?/m1/s1. The summed E-state index contributed by atoms with van der Waals surface area (Å²) in [6.07, 6.45) is 0.471. The van der Waals surface area contributed by atoms with Crippen molar-refractivity contribution in [3.63, 3.8) is 0 Å². The van der Waals surface area contributed by atoms with Crippen LogP contribution in [-0.2, 0) is 24.7 Å². The van der Waals surface area contributed by atoms with Crippen LogP contribution in [-0.4, -0.2) is 40.6 Å². The summed E-state index contributed by atoms with van der Waals surface area (Å²) in [5.74, 6) is -3.46. The molecule has 9 heteroatoms. The van der Waals surface area contributed by atoms with Crippen LogP contribution in [0.1, 0.15) is 32.3 Å². The van der Waals surface area contributed by atoms with Gasteiger partial charge in [-0.2, -0.15) is 0 Å². The molecule has 2 saturated heterocycles. The molecule has 0 bridgehead atoms. The van der Waals surface area contributed by atoms with E-state index in [0.29, 0.717) is 17.7 Å². The number of nitrogens with one attached hydrogen (secondary N) is 2. The highest BCUT2D eigenvalue weighted by Crippen LogP contribution is 2.54. The van der Waals surface area contributed by atoms with Crippen LogP contribution in [0.25, 0.3) is 0 Å². The molecule has 5 atom stereocenters. The van der Waals surface area contributed by atoms with Crippen molar-refractivity contribution in [1.29, 1.82) is 0 Å². The highest BCUT2D eigenvalue weighted by Gasteiger charge is 2.70. The largest absolute Gasteiger partial charge is 0.370 e. The zero-order valence-electron chi connectivity index (χ0n) is 15.5. The van der Waals surface area contributed by atoms with Crippen LogP contribution in [0.5, 0.6) is 0 Å². The summed E-state index contributed by atoms with van der Waals surface area (Å²) in [4.78, 5) is 52.6. The molecule has 4 rings (SSSR count). The van der Waals surface area contributed by atoms with Crippen molar-refractivity contribution >= 4 is 45.2 Å². The number of primary amides is 1. The summed E-state index contributed by atoms with van der Waals surface area (Å²) in [6, 6.07) is 4.33. The van der Waals surface area contributed by atoms with Crippen LogP contribution >= 0.6 is 15.9 Å². The Morgan fingerprint density at radius 1 is 1.32 bits per heavy atom. The van der Waals surface area contributed by atoms with Crippen molar-refractivity contribution in [2.24, 2.45) is 17.6 Å². The molecule has 2 fully saturated rings. The van der Waals surface area contributed by atoms with E-state index in [9.17, 15) is 19.2 Å². The third-order valence-corrected chi connectivity index (χ3v) is 6.66. The highest BCUT2D eigenvalue weighted by molar-refractivity contribution is 9.10. The first kappa shape index (κ1) is 19.1. The lowest BCUT2D eigenvalue weighted by Gasteiger charge is -2.31. The smallest absolute Gasteiger partial charge is 0.250 e. The maximum Gasteiger partial charge on any atom is 0.250 e. The van der Waals surface area contributed by atoms with E-state index in [1.807, 2.05) is 6.92 Å². The van der Waals surface area contributed by atoms with E-state index in [1.54, 1.807) is 25.1 Å². The molecule has 28 heavy (non-hydrogen) atoms. The molecular weight excluding hydrogens is 428 g/mol. The Kier molecular flexibility index (Phi) is 4.35. The lowest BCUT2D eigenvalue weighted by Crippen LogP contribution is -2.54. The lowest BCUT2D eigenvalue weighted by molar-refractivity contribution is -0.145. The van der Waals surface area contributed by atoms with Gasteiger partial charge in [-0.25, -0.2) is 0 Å². The van der Waals surface area contributed by atoms with Gasteiger partial charge in [-0.15, -0.1) is 0 Å². The molecular formula is C19H21BrN4O4. The van der Waals surface area contributed by atoms with Crippen LogP contribution in [0.4, 0.5) is 5.69 Å². The first-order valence-corrected chi connectivity index (χ1v) is 10.1. The molecule has 1 spiro atoms. The quantitative estimate of drug-likeness (QED) is 0.589. The van der Waals surface area contributed by atoms with Crippen LogP contribution in [0.3, 0.4) is 0 Å². The molecule has 4 amide bonds. The molecule has 0 radical (unpaired) electrons. The lowest BCUT2D eigenvalue weighted by atomic mass is 9.76. The molecule has 3 heterocycles. The van der Waals surface area contributed by atoms with E-state index in [0.717, 1.165) is 4.47 Å². The molecule has 0 aromatic heterocycles. The van der Waals surface area contributed by atoms with Crippen molar-refractivity contribution in [2.75, 3.05) is 5.32 Å². The SMILES string of the molecule is CCC(C)N1C(=O)[C@@H]2C(CC(N)=O)NC3(C(=O)Nc4ccc(Br)cc43)[C@@H]2C1=O. The third-order valence-electron chi connectivity index (χ3n) is 6.16. The monoisotopic (exact) mass is 448 g/mol. The Hall–Kier alpha value is -2.26. The predicted molar refractivity (Wildman–Crippen MR) is 104 cm³/mol. The van der Waals surface area contributed by atoms with Crippen molar-refractivity contribution in [1.82, 2.24) is 10.2 Å². The van der Waals surface area contributed by atoms with Crippen LogP contribution < -0.4 is 16.4 Å². The second kappa shape index (κ2) is 6.38. The van der Waals surface area contributed by atoms with Crippen molar-refractivity contribution < 1.29 is 19.2 Å². The number of amides is 4. The highest BCUT2D eigenvalue weighted by atomic mass is 79.9. The second-order valence-corrected chi connectivity index (χ2v) is 8.60. The molecule has 0 saturated carbocycles. The van der Waals surface area contributed by atoms with Gasteiger partial charge in [0.15, 0.2) is 0 Å². The average Bonchev–Trinajstić information content (AvgIpc) is 3.20. The fourth-order valence-electron chi connectivity index (χ4n) is 4.80. The zero-order valence-corrected chi connectivity index (χ0v) is 17.1. The number of likely N-dealkylation sites (tertiary alicyclic amines) is 1. The van der Waals surface area contributed by atoms with Crippen molar-refractivity contribution in [3.05, 3.63) is 28.2 Å². The van der Waals surface area contributed by atoms with E-state index in [2.05, 4.69) is 26.6 Å². The third kappa shape index (κ3) is 2.39. The second-order valence-electron chi connectivity index (χ2n) is 7.68. The number of carbonyl (C=O) groups excluding carboxylic acids is 4. The van der Waals surface area contributed by atoms with Gasteiger partial charge in [0.25, 0.3) is 0 Å². The summed E-state index contributed by atoms with van der Waals surface area (Å²) in [5, 5.41) is 5.99. The molecule has 3 aliphatic rings. The average molecular weight is 449 g/mol. The van der Waals surface area contributed by atoms with E-state index in [1.165, 1.54) is 4.90 Å². The molecule has 1 aromatic carbocycles. The van der Waals surface area contributed by atoms with Gasteiger partial charge in [-0.05, 0) is 31.5 Å². The van der Waals surface area contributed by atoms with Crippen LogP contribution in [0, 0.1) is 11.8 Å². The molecule has 4 N–H and O–H groups in total. The summed E-state index contributed by atoms with van der Waals surface area (Å²) in [6.45, 7) is 3.70. The number of carbonyl (C=O) groups is 4. The topological polar surface area (TPSA) is 122 Å². The molecule has 3 unspecified atom stereocenters. The number of hydrogen-bond acceptors (Lipinski definition) is 5. The van der Waals surface area contributed by atoms with Crippen LogP contribution in [0.15, 0.2) is 22.7 Å². The molecule has 1 aromatic rings. The van der Waals surface area contributed by atoms with Gasteiger partial charge in [0.2, 0.25) is 23.6 Å². The Morgan fingerprint density at radius 2 is 2.04 bits per heavy atom. The fraction of sp³-hybridized carbons (Fsp3) is 0.474. The molecule has 3 aliphatic heterocycles. The minimum Gasteiger partial charge on any atom is -0.370 e. The Morgan fingerprint density at radius 3 is 2.68 bits per heavy atom. The number of imide groups is 1. The minimum atomic E-state index is -1.40. The van der Waals surface area contributed by atoms with Crippen molar-refractivity contribution in [3.8, 4) is 0 Å². The van der Waals surface area contributed by atoms with Crippen molar-refractivity contribution in [2.45, 2.75) is 44.3 Å². The van der Waals surface area contributed by atoms with E-state index in [-0.39, 0.29) is 24.3 Å². The van der Waals surface area contributed by atoms with Gasteiger partial charge in [-0.1, -0.05) is 22.9 Å². The number of halogens is 1. The van der Waals surface area contributed by atoms with Gasteiger partial charge < -0.3 is 11.1 Å². The summed E-state index contributed by atoms with van der Waals surface area (Å²) in [7, 11) is 0. The first-order chi connectivity index (χ1) is 13.2. The van der Waals surface area contributed by atoms with E-state index >= 15 is 0 Å². The maximum atomic E-state index is 13.4. The van der Waals surface area contributed by atoms with E-state index < -0.39 is 35.2 Å². The molecule has 0 aliphatic carbocycles. The van der Waals surface area contributed by atoms with Gasteiger partial charge in [0, 0.05) is 34.2 Å². The number of nitrogens with zero attached hydrogens (tertiary/aromatic N) is 1. The normalized spacial score (nSPS) is 31.9. The number of benzene rings is 1. The fourth-order valence-corrected chi connectivity index (χ4v) is 5.17. The summed E-state index contributed by atoms with van der Waals surface area (Å²) in [5.41, 5.74) is 5.18. The summed E-state index contributed by atoms with van der Waals surface area (Å²) >= 11 is 3.41. The zero-order chi connectivity index (χ0) is 20.4. The molecule has 148 valence electrons. The van der Waals surface area contributed by atoms with E-state index in [4.69, 9.17) is 5.73 Å². The predicted octanol–water partition coefficient (Wildman–Crippen LogP) is 0.843. The summed E-state index contributed by atoms with van der Waals surface area (Å²) < 4.78 is 0.745. The Labute approximate surface area is 170 Å². The Balaban J connectivity index is 1.90. The van der Waals surface area contributed by atoms with Gasteiger partial charge in [0.1, 0.15) is 5.54 Å². The van der Waals surface area contributed by atoms with Gasteiger partial charge >= 0.3 is 0 Å². The Bertz CT molecular complexity index is 919. The number of anilines is 1. The van der Waals surface area contributed by atoms with Crippen LogP contribution in [0.2, 0.25) is 0 Å². The van der Waals surface area contributed by atoms with Gasteiger partial charge in [0.05, 0.1) is 11.8 Å². The number of rotatable bonds is 4. The first-order valence-electron chi connectivity index (χ1n) is 9.26. The number of nitrogens with two attached hydrogens (primary N) is 1.